The van der Waals surface area contributed by atoms with Gasteiger partial charge in [-0.2, -0.15) is 5.26 Å². The molecule has 0 spiro atoms. The van der Waals surface area contributed by atoms with Crippen molar-refractivity contribution >= 4 is 0 Å². The molecule has 2 nitrogen and oxygen atoms in total. The minimum atomic E-state index is 0.218. The summed E-state index contributed by atoms with van der Waals surface area (Å²) in [5.41, 5.74) is 0. The first-order chi connectivity index (χ1) is 5.36. The molecule has 58 valence electrons. The van der Waals surface area contributed by atoms with Crippen molar-refractivity contribution in [1.82, 2.24) is 5.32 Å². The third-order valence-corrected chi connectivity index (χ3v) is 2.94. The lowest BCUT2D eigenvalue weighted by atomic mass is 9.90. The van der Waals surface area contributed by atoms with Gasteiger partial charge in [-0.1, -0.05) is 12.2 Å². The van der Waals surface area contributed by atoms with E-state index in [1.165, 1.54) is 6.42 Å². The number of rotatable bonds is 1. The quantitative estimate of drug-likeness (QED) is 0.561. The Kier molecular flexibility index (Phi) is 1.47. The van der Waals surface area contributed by atoms with Crippen LogP contribution in [-0.2, 0) is 0 Å². The largest absolute Gasteiger partial charge is 0.315 e. The van der Waals surface area contributed by atoms with Gasteiger partial charge in [-0.15, -0.1) is 0 Å². The van der Waals surface area contributed by atoms with E-state index in [0.29, 0.717) is 17.9 Å². The molecule has 0 aliphatic heterocycles. The zero-order valence-electron chi connectivity index (χ0n) is 6.62. The summed E-state index contributed by atoms with van der Waals surface area (Å²) in [6.07, 6.45) is 5.63. The summed E-state index contributed by atoms with van der Waals surface area (Å²) >= 11 is 0. The van der Waals surface area contributed by atoms with Crippen molar-refractivity contribution in [2.24, 2.45) is 17.8 Å². The fourth-order valence-corrected chi connectivity index (χ4v) is 2.39. The average molecular weight is 148 g/mol. The van der Waals surface area contributed by atoms with E-state index in [4.69, 9.17) is 5.26 Å². The lowest BCUT2D eigenvalue weighted by molar-refractivity contribution is 0.420. The molecule has 1 N–H and O–H groups in total. The highest BCUT2D eigenvalue weighted by Crippen LogP contribution is 2.42. The Labute approximate surface area is 66.9 Å². The summed E-state index contributed by atoms with van der Waals surface area (Å²) in [5, 5.41) is 12.1. The van der Waals surface area contributed by atoms with Crippen LogP contribution in [0.25, 0.3) is 0 Å². The molecule has 2 bridgehead atoms. The number of allylic oxidation sites excluding steroid dienone is 1. The van der Waals surface area contributed by atoms with Crippen molar-refractivity contribution in [3.05, 3.63) is 12.2 Å². The Hall–Kier alpha value is -0.810. The van der Waals surface area contributed by atoms with Gasteiger partial charge in [-0.25, -0.2) is 0 Å². The molecule has 2 aliphatic carbocycles. The topological polar surface area (TPSA) is 35.8 Å². The Balaban J connectivity index is 2.23. The molecule has 0 aromatic rings. The van der Waals surface area contributed by atoms with E-state index in [-0.39, 0.29) is 5.92 Å². The number of nitriles is 1. The number of hydrogen-bond acceptors (Lipinski definition) is 2. The first-order valence-electron chi connectivity index (χ1n) is 4.12. The van der Waals surface area contributed by atoms with Crippen LogP contribution in [0, 0.1) is 29.1 Å². The average Bonchev–Trinajstić information content (AvgIpc) is 2.60. The third-order valence-electron chi connectivity index (χ3n) is 2.94. The fraction of sp³-hybridized carbons (Fsp3) is 0.667. The van der Waals surface area contributed by atoms with Gasteiger partial charge in [0.15, 0.2) is 0 Å². The lowest BCUT2D eigenvalue weighted by Crippen LogP contribution is -2.35. The molecule has 2 aliphatic rings. The van der Waals surface area contributed by atoms with Crippen LogP contribution < -0.4 is 5.32 Å². The van der Waals surface area contributed by atoms with Crippen LogP contribution in [0.15, 0.2) is 12.2 Å². The van der Waals surface area contributed by atoms with Crippen molar-refractivity contribution in [3.8, 4) is 6.07 Å². The highest BCUT2D eigenvalue weighted by atomic mass is 14.9. The van der Waals surface area contributed by atoms with Crippen LogP contribution in [0.2, 0.25) is 0 Å². The Morgan fingerprint density at radius 3 is 2.73 bits per heavy atom. The van der Waals surface area contributed by atoms with Gasteiger partial charge in [-0.05, 0) is 25.3 Å². The minimum absolute atomic E-state index is 0.218. The maximum Gasteiger partial charge on any atom is 0.0684 e. The van der Waals surface area contributed by atoms with Crippen molar-refractivity contribution in [2.45, 2.75) is 12.5 Å². The van der Waals surface area contributed by atoms with E-state index in [1.807, 2.05) is 7.05 Å². The standard InChI is InChI=1S/C9H12N2/c1-11-9-7-3-2-6(4-7)8(9)5-10/h2-3,6-9,11H,4H2,1H3/t6-,7+,8+,9-/m1/s1. The minimum Gasteiger partial charge on any atom is -0.315 e. The van der Waals surface area contributed by atoms with Crippen molar-refractivity contribution < 1.29 is 0 Å². The van der Waals surface area contributed by atoms with Gasteiger partial charge >= 0.3 is 0 Å². The molecule has 0 unspecified atom stereocenters. The molecule has 0 aromatic heterocycles. The predicted octanol–water partition coefficient (Wildman–Crippen LogP) is 0.920. The molecule has 0 amide bonds. The SMILES string of the molecule is CN[C@H]1[C@@H](C#N)[C@@H]2C=C[C@H]1C2. The second-order valence-corrected chi connectivity index (χ2v) is 3.42. The maximum absolute atomic E-state index is 8.87. The van der Waals surface area contributed by atoms with Gasteiger partial charge in [0, 0.05) is 6.04 Å². The Morgan fingerprint density at radius 2 is 2.18 bits per heavy atom. The van der Waals surface area contributed by atoms with Crippen molar-refractivity contribution in [2.75, 3.05) is 7.05 Å². The van der Waals surface area contributed by atoms with Crippen LogP contribution >= 0.6 is 0 Å². The lowest BCUT2D eigenvalue weighted by Gasteiger charge is -2.21. The second kappa shape index (κ2) is 2.35. The Bertz CT molecular complexity index is 226. The third kappa shape index (κ3) is 0.812. The summed E-state index contributed by atoms with van der Waals surface area (Å²) in [4.78, 5) is 0. The summed E-state index contributed by atoms with van der Waals surface area (Å²) in [5.74, 6) is 1.37. The van der Waals surface area contributed by atoms with E-state index in [0.717, 1.165) is 0 Å². The summed E-state index contributed by atoms with van der Waals surface area (Å²) < 4.78 is 0. The van der Waals surface area contributed by atoms with Crippen molar-refractivity contribution in [1.29, 1.82) is 5.26 Å². The predicted molar refractivity (Wildman–Crippen MR) is 42.7 cm³/mol. The molecule has 0 saturated heterocycles. The zero-order chi connectivity index (χ0) is 7.84. The number of fused-ring (bicyclic) bond motifs is 2. The van der Waals surface area contributed by atoms with E-state index < -0.39 is 0 Å². The monoisotopic (exact) mass is 148 g/mol. The fourth-order valence-electron chi connectivity index (χ4n) is 2.39. The van der Waals surface area contributed by atoms with Gasteiger partial charge in [-0.3, -0.25) is 0 Å². The first-order valence-corrected chi connectivity index (χ1v) is 4.12. The number of nitrogens with one attached hydrogen (secondary N) is 1. The maximum atomic E-state index is 8.87. The molecular weight excluding hydrogens is 136 g/mol. The van der Waals surface area contributed by atoms with Gasteiger partial charge in [0.05, 0.1) is 12.0 Å². The molecule has 1 fully saturated rings. The number of nitrogens with zero attached hydrogens (tertiary/aromatic N) is 1. The molecule has 1 saturated carbocycles. The summed E-state index contributed by atoms with van der Waals surface area (Å²) in [6, 6.07) is 2.79. The van der Waals surface area contributed by atoms with Crippen LogP contribution in [0.1, 0.15) is 6.42 Å². The molecule has 0 heterocycles. The van der Waals surface area contributed by atoms with Gasteiger partial charge < -0.3 is 5.32 Å². The first kappa shape index (κ1) is 6.87. The van der Waals surface area contributed by atoms with E-state index in [2.05, 4.69) is 23.5 Å². The van der Waals surface area contributed by atoms with Crippen LogP contribution in [0.4, 0.5) is 0 Å². The number of hydrogen-bond donors (Lipinski definition) is 1. The van der Waals surface area contributed by atoms with Crippen LogP contribution in [0.5, 0.6) is 0 Å². The van der Waals surface area contributed by atoms with Gasteiger partial charge in [0.1, 0.15) is 0 Å². The van der Waals surface area contributed by atoms with Crippen LogP contribution in [0.3, 0.4) is 0 Å². The van der Waals surface area contributed by atoms with E-state index >= 15 is 0 Å². The summed E-state index contributed by atoms with van der Waals surface area (Å²) in [7, 11) is 1.95. The second-order valence-electron chi connectivity index (χ2n) is 3.42. The molecule has 0 aromatic carbocycles. The van der Waals surface area contributed by atoms with Crippen molar-refractivity contribution in [3.63, 3.8) is 0 Å². The van der Waals surface area contributed by atoms with Crippen LogP contribution in [-0.4, -0.2) is 13.1 Å². The normalized spacial score (nSPS) is 46.2. The van der Waals surface area contributed by atoms with E-state index in [1.54, 1.807) is 0 Å². The molecule has 2 rings (SSSR count). The zero-order valence-corrected chi connectivity index (χ0v) is 6.62. The molecule has 0 radical (unpaired) electrons. The highest BCUT2D eigenvalue weighted by Gasteiger charge is 2.43. The molecule has 2 heteroatoms. The molecule has 11 heavy (non-hydrogen) atoms. The van der Waals surface area contributed by atoms with Gasteiger partial charge in [0.2, 0.25) is 0 Å². The van der Waals surface area contributed by atoms with E-state index in [9.17, 15) is 0 Å². The Morgan fingerprint density at radius 1 is 1.45 bits per heavy atom. The highest BCUT2D eigenvalue weighted by molar-refractivity contribution is 5.20. The molecular formula is C9H12N2. The smallest absolute Gasteiger partial charge is 0.0684 e. The summed E-state index contributed by atoms with van der Waals surface area (Å²) in [6.45, 7) is 0. The molecule has 4 atom stereocenters. The van der Waals surface area contributed by atoms with Gasteiger partial charge in [0.25, 0.3) is 0 Å².